The van der Waals surface area contributed by atoms with Gasteiger partial charge in [0.25, 0.3) is 0 Å². The Balaban J connectivity index is 1.99. The van der Waals surface area contributed by atoms with Gasteiger partial charge >= 0.3 is 6.18 Å². The molecule has 0 fully saturated rings. The Morgan fingerprint density at radius 2 is 1.63 bits per heavy atom. The van der Waals surface area contributed by atoms with Crippen molar-refractivity contribution in [1.29, 1.82) is 0 Å². The summed E-state index contributed by atoms with van der Waals surface area (Å²) < 4.78 is 40.1. The number of aromatic nitrogens is 2. The van der Waals surface area contributed by atoms with Crippen LogP contribution in [0.25, 0.3) is 0 Å². The molecule has 0 saturated carbocycles. The minimum Gasteiger partial charge on any atom is -0.340 e. The van der Waals surface area contributed by atoms with E-state index in [1.165, 1.54) is 0 Å². The predicted molar refractivity (Wildman–Crippen MR) is 101 cm³/mol. The lowest BCUT2D eigenvalue weighted by atomic mass is 10.2. The molecule has 0 aliphatic rings. The number of nitrogens with zero attached hydrogens (tertiary/aromatic N) is 3. The maximum absolute atomic E-state index is 13.4. The van der Waals surface area contributed by atoms with Gasteiger partial charge in [-0.25, -0.2) is 4.98 Å². The molecule has 8 heteroatoms. The van der Waals surface area contributed by atoms with Crippen LogP contribution in [0.4, 0.5) is 36.3 Å². The zero-order chi connectivity index (χ0) is 19.6. The number of rotatable bonds is 4. The average Bonchev–Trinajstić information content (AvgIpc) is 2.63. The summed E-state index contributed by atoms with van der Waals surface area (Å²) in [5.41, 5.74) is 1.27. The molecule has 4 nitrogen and oxygen atoms in total. The first-order chi connectivity index (χ1) is 12.7. The lowest BCUT2D eigenvalue weighted by Gasteiger charge is -2.20. The van der Waals surface area contributed by atoms with Gasteiger partial charge < -0.3 is 10.2 Å². The molecule has 1 heterocycles. The van der Waals surface area contributed by atoms with Crippen LogP contribution in [0.2, 0.25) is 5.02 Å². The van der Waals surface area contributed by atoms with Gasteiger partial charge in [-0.15, -0.1) is 0 Å². The van der Waals surface area contributed by atoms with Crippen molar-refractivity contribution in [1.82, 2.24) is 9.97 Å². The Morgan fingerprint density at radius 1 is 1.00 bits per heavy atom. The van der Waals surface area contributed by atoms with E-state index in [1.807, 2.05) is 6.92 Å². The summed E-state index contributed by atoms with van der Waals surface area (Å²) in [6.45, 7) is 1.90. The highest BCUT2D eigenvalue weighted by molar-refractivity contribution is 6.30. The largest absolute Gasteiger partial charge is 0.421 e. The Labute approximate surface area is 159 Å². The number of nitrogens with one attached hydrogen (secondary N) is 1. The van der Waals surface area contributed by atoms with Gasteiger partial charge in [-0.05, 0) is 43.3 Å². The number of halogens is 4. The van der Waals surface area contributed by atoms with Crippen molar-refractivity contribution >= 4 is 34.7 Å². The fourth-order valence-electron chi connectivity index (χ4n) is 2.39. The zero-order valence-electron chi connectivity index (χ0n) is 14.5. The first kappa shape index (κ1) is 19.0. The number of anilines is 4. The predicted octanol–water partition coefficient (Wildman–Crippen LogP) is 5.97. The number of hydrogen-bond acceptors (Lipinski definition) is 4. The molecule has 0 saturated heterocycles. The van der Waals surface area contributed by atoms with Crippen molar-refractivity contribution in [2.75, 3.05) is 17.3 Å². The van der Waals surface area contributed by atoms with Crippen LogP contribution in [0.15, 0.2) is 54.7 Å². The third kappa shape index (κ3) is 4.49. The molecule has 0 unspecified atom stereocenters. The van der Waals surface area contributed by atoms with Gasteiger partial charge in [0.2, 0.25) is 5.95 Å². The molecular weight excluding hydrogens is 377 g/mol. The molecule has 0 aliphatic heterocycles. The van der Waals surface area contributed by atoms with E-state index < -0.39 is 11.7 Å². The highest BCUT2D eigenvalue weighted by Gasteiger charge is 2.35. The quantitative estimate of drug-likeness (QED) is 0.594. The van der Waals surface area contributed by atoms with E-state index in [4.69, 9.17) is 11.6 Å². The van der Waals surface area contributed by atoms with Crippen molar-refractivity contribution < 1.29 is 13.2 Å². The Hall–Kier alpha value is -2.80. The summed E-state index contributed by atoms with van der Waals surface area (Å²) in [7, 11) is 1.67. The van der Waals surface area contributed by atoms with Crippen LogP contribution in [0.1, 0.15) is 11.1 Å². The number of benzene rings is 2. The molecule has 0 bridgehead atoms. The molecule has 0 amide bonds. The smallest absolute Gasteiger partial charge is 0.340 e. The fourth-order valence-corrected chi connectivity index (χ4v) is 2.52. The molecule has 0 aliphatic carbocycles. The van der Waals surface area contributed by atoms with Crippen LogP contribution >= 0.6 is 11.6 Å². The maximum atomic E-state index is 13.4. The molecule has 1 aromatic heterocycles. The minimum absolute atomic E-state index is 0.125. The average molecular weight is 393 g/mol. The maximum Gasteiger partial charge on any atom is 0.421 e. The summed E-state index contributed by atoms with van der Waals surface area (Å²) >= 11 is 5.88. The van der Waals surface area contributed by atoms with Crippen molar-refractivity contribution in [3.63, 3.8) is 0 Å². The summed E-state index contributed by atoms with van der Waals surface area (Å²) in [6.07, 6.45) is -3.80. The van der Waals surface area contributed by atoms with Crippen LogP contribution in [0.3, 0.4) is 0 Å². The molecule has 3 rings (SSSR count). The fraction of sp³-hybridized carbons (Fsp3) is 0.158. The highest BCUT2D eigenvalue weighted by Crippen LogP contribution is 2.36. The molecule has 2 aromatic carbocycles. The lowest BCUT2D eigenvalue weighted by Crippen LogP contribution is -2.17. The van der Waals surface area contributed by atoms with Gasteiger partial charge in [-0.2, -0.15) is 18.2 Å². The molecule has 0 atom stereocenters. The SMILES string of the molecule is Cc1ccc(Nc2nc(N(C)c3ccc(Cl)cc3)ncc2C(F)(F)F)cc1. The third-order valence-corrected chi connectivity index (χ3v) is 4.16. The van der Waals surface area contributed by atoms with Crippen LogP contribution < -0.4 is 10.2 Å². The molecule has 0 spiro atoms. The van der Waals surface area contributed by atoms with Crippen LogP contribution in [0.5, 0.6) is 0 Å². The normalized spacial score (nSPS) is 11.3. The highest BCUT2D eigenvalue weighted by atomic mass is 35.5. The first-order valence-electron chi connectivity index (χ1n) is 8.01. The topological polar surface area (TPSA) is 41.1 Å². The number of aryl methyl sites for hydroxylation is 1. The van der Waals surface area contributed by atoms with E-state index in [1.54, 1.807) is 60.5 Å². The van der Waals surface area contributed by atoms with E-state index in [0.29, 0.717) is 16.4 Å². The first-order valence-corrected chi connectivity index (χ1v) is 8.39. The molecule has 1 N–H and O–H groups in total. The molecular formula is C19H16ClF3N4. The van der Waals surface area contributed by atoms with Crippen LogP contribution in [-0.2, 0) is 6.18 Å². The van der Waals surface area contributed by atoms with E-state index in [-0.39, 0.29) is 11.8 Å². The monoisotopic (exact) mass is 392 g/mol. The van der Waals surface area contributed by atoms with Crippen molar-refractivity contribution in [3.05, 3.63) is 70.9 Å². The summed E-state index contributed by atoms with van der Waals surface area (Å²) in [4.78, 5) is 9.57. The number of hydrogen-bond donors (Lipinski definition) is 1. The summed E-state index contributed by atoms with van der Waals surface area (Å²) in [6, 6.07) is 13.8. The standard InChI is InChI=1S/C19H16ClF3N4/c1-12-3-7-14(8-4-12)25-17-16(19(21,22)23)11-24-18(26-17)27(2)15-9-5-13(20)6-10-15/h3-11H,1-2H3,(H,24,25,26). The van der Waals surface area contributed by atoms with Gasteiger partial charge in [0.15, 0.2) is 0 Å². The van der Waals surface area contributed by atoms with E-state index in [9.17, 15) is 13.2 Å². The van der Waals surface area contributed by atoms with Gasteiger partial charge in [-0.3, -0.25) is 0 Å². The van der Waals surface area contributed by atoms with E-state index in [0.717, 1.165) is 11.8 Å². The zero-order valence-corrected chi connectivity index (χ0v) is 15.3. The van der Waals surface area contributed by atoms with Crippen LogP contribution in [0, 0.1) is 6.92 Å². The van der Waals surface area contributed by atoms with E-state index in [2.05, 4.69) is 15.3 Å². The molecule has 3 aromatic rings. The summed E-state index contributed by atoms with van der Waals surface area (Å²) in [5.74, 6) is -0.183. The van der Waals surface area contributed by atoms with Gasteiger partial charge in [-0.1, -0.05) is 29.3 Å². The lowest BCUT2D eigenvalue weighted by molar-refractivity contribution is -0.137. The Bertz CT molecular complexity index is 925. The second kappa shape index (κ2) is 7.44. The third-order valence-electron chi connectivity index (χ3n) is 3.91. The van der Waals surface area contributed by atoms with E-state index >= 15 is 0 Å². The Kier molecular flexibility index (Phi) is 5.23. The second-order valence-corrected chi connectivity index (χ2v) is 6.39. The van der Waals surface area contributed by atoms with Crippen molar-refractivity contribution in [2.45, 2.75) is 13.1 Å². The molecule has 140 valence electrons. The van der Waals surface area contributed by atoms with Gasteiger partial charge in [0.05, 0.1) is 0 Å². The summed E-state index contributed by atoms with van der Waals surface area (Å²) in [5, 5.41) is 3.30. The second-order valence-electron chi connectivity index (χ2n) is 5.96. The number of alkyl halides is 3. The van der Waals surface area contributed by atoms with Gasteiger partial charge in [0, 0.05) is 29.6 Å². The molecule has 27 heavy (non-hydrogen) atoms. The Morgan fingerprint density at radius 3 is 2.22 bits per heavy atom. The van der Waals surface area contributed by atoms with Crippen molar-refractivity contribution in [2.24, 2.45) is 0 Å². The molecule has 0 radical (unpaired) electrons. The minimum atomic E-state index is -4.58. The van der Waals surface area contributed by atoms with Gasteiger partial charge in [0.1, 0.15) is 11.4 Å². The van der Waals surface area contributed by atoms with Crippen LogP contribution in [-0.4, -0.2) is 17.0 Å². The van der Waals surface area contributed by atoms with Crippen molar-refractivity contribution in [3.8, 4) is 0 Å².